The third kappa shape index (κ3) is 7.86. The second-order valence-electron chi connectivity index (χ2n) is 5.86. The van der Waals surface area contributed by atoms with E-state index in [4.69, 9.17) is 4.74 Å². The topological polar surface area (TPSA) is 107 Å². The molecule has 1 unspecified atom stereocenters. The molecule has 24 heavy (non-hydrogen) atoms. The molecule has 134 valence electrons. The number of unbranched alkanes of at least 4 members (excludes halogenated alkanes) is 3. The van der Waals surface area contributed by atoms with E-state index in [1.807, 2.05) is 12.1 Å². The van der Waals surface area contributed by atoms with Gasteiger partial charge in [-0.05, 0) is 43.9 Å². The van der Waals surface area contributed by atoms with Crippen LogP contribution in [-0.2, 0) is 20.6 Å². The maximum absolute atomic E-state index is 11.2. The second kappa shape index (κ2) is 9.72. The third-order valence-electron chi connectivity index (χ3n) is 3.73. The Labute approximate surface area is 142 Å². The maximum Gasteiger partial charge on any atom is 0.308 e. The van der Waals surface area contributed by atoms with Crippen LogP contribution in [0.15, 0.2) is 24.3 Å². The number of aryl methyl sites for hydroxylation is 1. The standard InChI is InChI=1S/C17H25O6P/c1-13(18)17(24(20,21)22)8-6-4-3-5-7-15-9-11-16(12-10-15)23-14(2)19/h9-12,17H,3-8H2,1-2H3,(H2,20,21,22)/p-2. The second-order valence-corrected chi connectivity index (χ2v) is 7.56. The number of hydrogen-bond acceptors (Lipinski definition) is 6. The molecule has 1 atom stereocenters. The molecule has 6 nitrogen and oxygen atoms in total. The van der Waals surface area contributed by atoms with Crippen LogP contribution in [0.1, 0.15) is 51.5 Å². The molecule has 0 amide bonds. The maximum atomic E-state index is 11.2. The van der Waals surface area contributed by atoms with E-state index < -0.39 is 19.0 Å². The van der Waals surface area contributed by atoms with Crippen molar-refractivity contribution in [2.24, 2.45) is 0 Å². The Balaban J connectivity index is 2.25. The highest BCUT2D eigenvalue weighted by Crippen LogP contribution is 2.35. The van der Waals surface area contributed by atoms with Gasteiger partial charge in [-0.3, -0.25) is 9.59 Å². The third-order valence-corrected chi connectivity index (χ3v) is 5.11. The van der Waals surface area contributed by atoms with Crippen molar-refractivity contribution in [3.63, 3.8) is 0 Å². The first-order valence-electron chi connectivity index (χ1n) is 7.99. The van der Waals surface area contributed by atoms with E-state index in [2.05, 4.69) is 0 Å². The summed E-state index contributed by atoms with van der Waals surface area (Å²) in [6.07, 6.45) is 4.09. The van der Waals surface area contributed by atoms with Crippen LogP contribution in [0.2, 0.25) is 0 Å². The number of benzene rings is 1. The van der Waals surface area contributed by atoms with Crippen molar-refractivity contribution in [1.29, 1.82) is 0 Å². The minimum absolute atomic E-state index is 0.108. The van der Waals surface area contributed by atoms with Gasteiger partial charge in [0.25, 0.3) is 0 Å². The van der Waals surface area contributed by atoms with E-state index in [0.29, 0.717) is 12.2 Å². The molecule has 0 spiro atoms. The van der Waals surface area contributed by atoms with Crippen molar-refractivity contribution in [2.75, 3.05) is 0 Å². The average Bonchev–Trinajstić information content (AvgIpc) is 2.45. The van der Waals surface area contributed by atoms with Crippen molar-refractivity contribution >= 4 is 19.3 Å². The van der Waals surface area contributed by atoms with Gasteiger partial charge in [0.15, 0.2) is 0 Å². The summed E-state index contributed by atoms with van der Waals surface area (Å²) in [6.45, 7) is 2.50. The molecule has 1 aromatic carbocycles. The molecule has 0 fully saturated rings. The van der Waals surface area contributed by atoms with E-state index >= 15 is 0 Å². The van der Waals surface area contributed by atoms with E-state index in [0.717, 1.165) is 38.2 Å². The van der Waals surface area contributed by atoms with Crippen molar-refractivity contribution in [3.8, 4) is 5.75 Å². The average molecular weight is 354 g/mol. The molecule has 1 rings (SSSR count). The van der Waals surface area contributed by atoms with E-state index in [1.165, 1.54) is 6.92 Å². The van der Waals surface area contributed by atoms with Crippen LogP contribution in [0, 0.1) is 0 Å². The summed E-state index contributed by atoms with van der Waals surface area (Å²) in [5.41, 5.74) is -0.262. The predicted octanol–water partition coefficient (Wildman–Crippen LogP) is 1.98. The Morgan fingerprint density at radius 2 is 1.62 bits per heavy atom. The van der Waals surface area contributed by atoms with E-state index in [-0.39, 0.29) is 12.4 Å². The fourth-order valence-electron chi connectivity index (χ4n) is 2.49. The van der Waals surface area contributed by atoms with Crippen LogP contribution in [-0.4, -0.2) is 17.4 Å². The highest BCUT2D eigenvalue weighted by molar-refractivity contribution is 7.50. The number of esters is 1. The zero-order valence-corrected chi connectivity index (χ0v) is 14.9. The van der Waals surface area contributed by atoms with Crippen LogP contribution in [0.25, 0.3) is 0 Å². The summed E-state index contributed by atoms with van der Waals surface area (Å²) in [5, 5.41) is 0. The summed E-state index contributed by atoms with van der Waals surface area (Å²) in [6, 6.07) is 7.28. The van der Waals surface area contributed by atoms with Crippen LogP contribution >= 0.6 is 7.60 Å². The van der Waals surface area contributed by atoms with Gasteiger partial charge in [0.1, 0.15) is 11.5 Å². The molecule has 0 bridgehead atoms. The lowest BCUT2D eigenvalue weighted by Gasteiger charge is -2.36. The lowest BCUT2D eigenvalue weighted by atomic mass is 10.0. The zero-order chi connectivity index (χ0) is 18.2. The summed E-state index contributed by atoms with van der Waals surface area (Å²) in [7, 11) is -4.84. The van der Waals surface area contributed by atoms with E-state index in [1.54, 1.807) is 12.1 Å². The van der Waals surface area contributed by atoms with Gasteiger partial charge in [0.2, 0.25) is 0 Å². The highest BCUT2D eigenvalue weighted by Gasteiger charge is 2.17. The SMILES string of the molecule is CC(=O)Oc1ccc(CCCCCCC(C(C)=O)P(=O)([O-])[O-])cc1. The van der Waals surface area contributed by atoms with Gasteiger partial charge in [-0.25, -0.2) is 0 Å². The van der Waals surface area contributed by atoms with Gasteiger partial charge in [0.05, 0.1) is 0 Å². The van der Waals surface area contributed by atoms with Crippen LogP contribution < -0.4 is 14.5 Å². The van der Waals surface area contributed by atoms with E-state index in [9.17, 15) is 23.9 Å². The fraction of sp³-hybridized carbons (Fsp3) is 0.529. The molecule has 0 heterocycles. The number of carbonyl (C=O) groups excluding carboxylic acids is 2. The molecule has 7 heteroatoms. The molecular formula is C17H23O6P-2. The molecule has 1 aromatic rings. The molecular weight excluding hydrogens is 331 g/mol. The number of ether oxygens (including phenoxy) is 1. The van der Waals surface area contributed by atoms with Crippen molar-refractivity contribution in [1.82, 2.24) is 0 Å². The van der Waals surface area contributed by atoms with Crippen molar-refractivity contribution in [2.45, 2.75) is 58.0 Å². The first-order chi connectivity index (χ1) is 11.2. The number of Topliss-reactive ketones (excluding diaryl/α,β-unsaturated/α-hetero) is 1. The minimum Gasteiger partial charge on any atom is -0.810 e. The molecule has 0 saturated carbocycles. The predicted molar refractivity (Wildman–Crippen MR) is 86.6 cm³/mol. The molecule has 0 aliphatic heterocycles. The van der Waals surface area contributed by atoms with Crippen LogP contribution in [0.5, 0.6) is 5.75 Å². The summed E-state index contributed by atoms with van der Waals surface area (Å²) in [5.74, 6) is -0.412. The van der Waals surface area contributed by atoms with Gasteiger partial charge in [-0.15, -0.1) is 0 Å². The molecule has 0 aliphatic carbocycles. The largest absolute Gasteiger partial charge is 0.810 e. The van der Waals surface area contributed by atoms with Crippen molar-refractivity contribution in [3.05, 3.63) is 29.8 Å². The molecule has 0 aromatic heterocycles. The number of ketones is 1. The number of carbonyl (C=O) groups is 2. The Morgan fingerprint density at radius 3 is 2.12 bits per heavy atom. The van der Waals surface area contributed by atoms with Crippen LogP contribution in [0.3, 0.4) is 0 Å². The Morgan fingerprint density at radius 1 is 1.04 bits per heavy atom. The monoisotopic (exact) mass is 354 g/mol. The van der Waals surface area contributed by atoms with Gasteiger partial charge in [-0.1, -0.05) is 39.0 Å². The first-order valence-corrected chi connectivity index (χ1v) is 9.61. The molecule has 0 radical (unpaired) electrons. The van der Waals surface area contributed by atoms with Gasteiger partial charge in [-0.2, -0.15) is 0 Å². The Kier molecular flexibility index (Phi) is 8.32. The van der Waals surface area contributed by atoms with Gasteiger partial charge < -0.3 is 19.1 Å². The quantitative estimate of drug-likeness (QED) is 0.275. The molecule has 0 N–H and O–H groups in total. The van der Waals surface area contributed by atoms with Crippen LogP contribution in [0.4, 0.5) is 0 Å². The van der Waals surface area contributed by atoms with Gasteiger partial charge in [0, 0.05) is 12.6 Å². The lowest BCUT2D eigenvalue weighted by Crippen LogP contribution is -2.31. The smallest absolute Gasteiger partial charge is 0.308 e. The Hall–Kier alpha value is -1.49. The minimum atomic E-state index is -4.84. The Bertz CT molecular complexity index is 590. The highest BCUT2D eigenvalue weighted by atomic mass is 31.2. The molecule has 0 aliphatic rings. The number of rotatable bonds is 10. The summed E-state index contributed by atoms with van der Waals surface area (Å²) >= 11 is 0. The number of hydrogen-bond donors (Lipinski definition) is 0. The van der Waals surface area contributed by atoms with Crippen molar-refractivity contribution < 1.29 is 28.7 Å². The fourth-order valence-corrected chi connectivity index (χ4v) is 3.44. The lowest BCUT2D eigenvalue weighted by molar-refractivity contribution is -0.315. The normalized spacial score (nSPS) is 12.7. The first kappa shape index (κ1) is 20.6. The van der Waals surface area contributed by atoms with Gasteiger partial charge >= 0.3 is 5.97 Å². The summed E-state index contributed by atoms with van der Waals surface area (Å²) in [4.78, 5) is 44.0. The molecule has 0 saturated heterocycles. The summed E-state index contributed by atoms with van der Waals surface area (Å²) < 4.78 is 15.9. The zero-order valence-electron chi connectivity index (χ0n) is 14.0.